The molecule has 1 aromatic carbocycles. The monoisotopic (exact) mass is 282 g/mol. The largest absolute Gasteiger partial charge is 0.368 e. The number of halogens is 2. The van der Waals surface area contributed by atoms with Crippen molar-refractivity contribution in [3.63, 3.8) is 0 Å². The Kier molecular flexibility index (Phi) is 5.06. The molecule has 1 aromatic rings. The fraction of sp³-hybridized carbons (Fsp3) is 0.533. The number of carbonyl (C=O) groups is 1. The zero-order valence-electron chi connectivity index (χ0n) is 11.3. The predicted octanol–water partition coefficient (Wildman–Crippen LogP) is 3.07. The second-order valence-electron chi connectivity index (χ2n) is 5.30. The van der Waals surface area contributed by atoms with Crippen molar-refractivity contribution < 1.29 is 13.6 Å². The molecule has 0 spiro atoms. The zero-order valence-corrected chi connectivity index (χ0v) is 11.3. The second-order valence-corrected chi connectivity index (χ2v) is 5.30. The van der Waals surface area contributed by atoms with E-state index in [9.17, 15) is 13.6 Å². The Labute approximate surface area is 117 Å². The van der Waals surface area contributed by atoms with Crippen LogP contribution in [0.15, 0.2) is 24.3 Å². The summed E-state index contributed by atoms with van der Waals surface area (Å²) in [6.07, 6.45) is 3.07. The number of primary amides is 1. The molecule has 1 unspecified atom stereocenters. The van der Waals surface area contributed by atoms with Gasteiger partial charge in [0.05, 0.1) is 0 Å². The van der Waals surface area contributed by atoms with Gasteiger partial charge in [-0.05, 0) is 18.4 Å². The summed E-state index contributed by atoms with van der Waals surface area (Å²) in [6.45, 7) is 0. The van der Waals surface area contributed by atoms with Gasteiger partial charge in [0, 0.05) is 11.6 Å². The van der Waals surface area contributed by atoms with E-state index in [4.69, 9.17) is 5.73 Å². The number of hydrogen-bond donors (Lipinski definition) is 2. The summed E-state index contributed by atoms with van der Waals surface area (Å²) in [5.74, 6) is -0.472. The molecule has 1 atom stereocenters. The third-order valence-corrected chi connectivity index (χ3v) is 3.81. The zero-order chi connectivity index (χ0) is 14.5. The molecule has 1 fully saturated rings. The topological polar surface area (TPSA) is 55.1 Å². The van der Waals surface area contributed by atoms with E-state index in [1.54, 1.807) is 12.1 Å². The fourth-order valence-corrected chi connectivity index (χ4v) is 2.68. The van der Waals surface area contributed by atoms with Crippen molar-refractivity contribution in [3.8, 4) is 0 Å². The van der Waals surface area contributed by atoms with Crippen LogP contribution in [0.1, 0.15) is 55.7 Å². The van der Waals surface area contributed by atoms with Crippen LogP contribution in [0.5, 0.6) is 0 Å². The third-order valence-electron chi connectivity index (χ3n) is 3.81. The Morgan fingerprint density at radius 3 is 2.15 bits per heavy atom. The van der Waals surface area contributed by atoms with E-state index in [0.717, 1.165) is 25.7 Å². The van der Waals surface area contributed by atoms with Crippen molar-refractivity contribution in [1.29, 1.82) is 0 Å². The van der Waals surface area contributed by atoms with E-state index < -0.39 is 18.4 Å². The molecule has 2 rings (SSSR count). The minimum absolute atomic E-state index is 0.0466. The van der Waals surface area contributed by atoms with Gasteiger partial charge in [-0.1, -0.05) is 43.5 Å². The lowest BCUT2D eigenvalue weighted by molar-refractivity contribution is -0.120. The molecule has 110 valence electrons. The molecule has 3 N–H and O–H groups in total. The van der Waals surface area contributed by atoms with Crippen LogP contribution in [0, 0.1) is 0 Å². The minimum atomic E-state index is -2.50. The van der Waals surface area contributed by atoms with Crippen LogP contribution in [-0.2, 0) is 4.79 Å². The van der Waals surface area contributed by atoms with Crippen molar-refractivity contribution in [2.24, 2.45) is 5.73 Å². The molecule has 5 heteroatoms. The molecule has 0 aliphatic heterocycles. The van der Waals surface area contributed by atoms with Gasteiger partial charge in [0.2, 0.25) is 5.91 Å². The summed E-state index contributed by atoms with van der Waals surface area (Å²) in [5.41, 5.74) is 6.03. The number of amides is 1. The first-order valence-corrected chi connectivity index (χ1v) is 7.01. The molecule has 20 heavy (non-hydrogen) atoms. The van der Waals surface area contributed by atoms with Crippen LogP contribution >= 0.6 is 0 Å². The molecule has 1 amide bonds. The molecule has 0 bridgehead atoms. The van der Waals surface area contributed by atoms with Crippen molar-refractivity contribution in [3.05, 3.63) is 35.4 Å². The number of nitrogens with two attached hydrogens (primary N) is 1. The number of rotatable bonds is 5. The maximum atomic E-state index is 12.5. The Morgan fingerprint density at radius 1 is 1.10 bits per heavy atom. The molecule has 0 heterocycles. The molecule has 3 nitrogen and oxygen atoms in total. The second kappa shape index (κ2) is 6.79. The average Bonchev–Trinajstić information content (AvgIpc) is 2.45. The molecule has 0 aromatic heterocycles. The van der Waals surface area contributed by atoms with Crippen LogP contribution in [0.4, 0.5) is 8.78 Å². The van der Waals surface area contributed by atoms with E-state index in [2.05, 4.69) is 5.32 Å². The molecular formula is C15H20F2N2O. The number of nitrogens with one attached hydrogen (secondary N) is 1. The standard InChI is InChI=1S/C15H20F2N2O/c16-14(17)11-8-6-10(7-9-11)13(15(18)20)19-12-4-2-1-3-5-12/h6-9,12-14,19H,1-5H2,(H2,18,20). The first kappa shape index (κ1) is 14.9. The summed E-state index contributed by atoms with van der Waals surface area (Å²) in [7, 11) is 0. The quantitative estimate of drug-likeness (QED) is 0.872. The maximum absolute atomic E-state index is 12.5. The highest BCUT2D eigenvalue weighted by Gasteiger charge is 2.23. The van der Waals surface area contributed by atoms with E-state index in [1.165, 1.54) is 18.6 Å². The van der Waals surface area contributed by atoms with Gasteiger partial charge in [-0.15, -0.1) is 0 Å². The first-order valence-electron chi connectivity index (χ1n) is 7.01. The van der Waals surface area contributed by atoms with Gasteiger partial charge in [-0.2, -0.15) is 0 Å². The summed E-state index contributed by atoms with van der Waals surface area (Å²) < 4.78 is 25.0. The van der Waals surface area contributed by atoms with Gasteiger partial charge in [-0.3, -0.25) is 10.1 Å². The van der Waals surface area contributed by atoms with Crippen LogP contribution in [0.3, 0.4) is 0 Å². The maximum Gasteiger partial charge on any atom is 0.263 e. The molecule has 1 saturated carbocycles. The first-order chi connectivity index (χ1) is 9.58. The normalized spacial score (nSPS) is 18.1. The van der Waals surface area contributed by atoms with Crippen molar-refractivity contribution in [2.45, 2.75) is 50.6 Å². The minimum Gasteiger partial charge on any atom is -0.368 e. The van der Waals surface area contributed by atoms with Gasteiger partial charge < -0.3 is 5.73 Å². The Hall–Kier alpha value is -1.49. The smallest absolute Gasteiger partial charge is 0.263 e. The lowest BCUT2D eigenvalue weighted by Gasteiger charge is -2.27. The summed E-state index contributed by atoms with van der Waals surface area (Å²) in [4.78, 5) is 11.6. The molecule has 1 aliphatic rings. The summed E-state index contributed by atoms with van der Waals surface area (Å²) in [5, 5.41) is 3.26. The lowest BCUT2D eigenvalue weighted by atomic mass is 9.93. The number of alkyl halides is 2. The van der Waals surface area contributed by atoms with E-state index >= 15 is 0 Å². The van der Waals surface area contributed by atoms with Crippen LogP contribution < -0.4 is 11.1 Å². The van der Waals surface area contributed by atoms with E-state index in [0.29, 0.717) is 5.56 Å². The number of benzene rings is 1. The average molecular weight is 282 g/mol. The summed E-state index contributed by atoms with van der Waals surface area (Å²) in [6, 6.07) is 5.46. The predicted molar refractivity (Wildman–Crippen MR) is 73.3 cm³/mol. The number of hydrogen-bond acceptors (Lipinski definition) is 2. The van der Waals surface area contributed by atoms with Crippen molar-refractivity contribution in [1.82, 2.24) is 5.32 Å². The molecular weight excluding hydrogens is 262 g/mol. The molecule has 0 saturated heterocycles. The Bertz CT molecular complexity index is 442. The van der Waals surface area contributed by atoms with E-state index in [1.807, 2.05) is 0 Å². The van der Waals surface area contributed by atoms with Gasteiger partial charge in [0.1, 0.15) is 6.04 Å². The lowest BCUT2D eigenvalue weighted by Crippen LogP contribution is -2.40. The Morgan fingerprint density at radius 2 is 1.65 bits per heavy atom. The van der Waals surface area contributed by atoms with Gasteiger partial charge in [-0.25, -0.2) is 8.78 Å². The highest BCUT2D eigenvalue weighted by molar-refractivity contribution is 5.81. The highest BCUT2D eigenvalue weighted by atomic mass is 19.3. The molecule has 1 aliphatic carbocycles. The van der Waals surface area contributed by atoms with Crippen molar-refractivity contribution >= 4 is 5.91 Å². The summed E-state index contributed by atoms with van der Waals surface area (Å²) >= 11 is 0. The number of carbonyl (C=O) groups excluding carboxylic acids is 1. The van der Waals surface area contributed by atoms with Gasteiger partial charge >= 0.3 is 0 Å². The van der Waals surface area contributed by atoms with E-state index in [-0.39, 0.29) is 11.6 Å². The van der Waals surface area contributed by atoms with Crippen molar-refractivity contribution in [2.75, 3.05) is 0 Å². The SMILES string of the molecule is NC(=O)C(NC1CCCCC1)c1ccc(C(F)F)cc1. The molecule has 0 radical (unpaired) electrons. The highest BCUT2D eigenvalue weighted by Crippen LogP contribution is 2.24. The van der Waals surface area contributed by atoms with Crippen LogP contribution in [0.2, 0.25) is 0 Å². The van der Waals surface area contributed by atoms with Gasteiger partial charge in [0.15, 0.2) is 0 Å². The van der Waals surface area contributed by atoms with Crippen LogP contribution in [0.25, 0.3) is 0 Å². The van der Waals surface area contributed by atoms with Crippen LogP contribution in [-0.4, -0.2) is 11.9 Å². The van der Waals surface area contributed by atoms with Gasteiger partial charge in [0.25, 0.3) is 6.43 Å². The fourth-order valence-electron chi connectivity index (χ4n) is 2.68. The Balaban J connectivity index is 2.09. The third kappa shape index (κ3) is 3.76.